The van der Waals surface area contributed by atoms with Crippen molar-refractivity contribution < 1.29 is 0 Å². The van der Waals surface area contributed by atoms with Crippen LogP contribution in [0.4, 0.5) is 5.95 Å². The molecule has 0 spiro atoms. The lowest BCUT2D eigenvalue weighted by Gasteiger charge is -2.03. The Morgan fingerprint density at radius 1 is 1.32 bits per heavy atom. The van der Waals surface area contributed by atoms with Gasteiger partial charge in [-0.25, -0.2) is 15.0 Å². The van der Waals surface area contributed by atoms with Crippen LogP contribution in [0.1, 0.15) is 31.4 Å². The highest BCUT2D eigenvalue weighted by Gasteiger charge is 2.19. The fourth-order valence-electron chi connectivity index (χ4n) is 2.31. The number of aryl methyl sites for hydroxylation is 1. The average molecular weight is 292 g/mol. The Morgan fingerprint density at radius 2 is 2.11 bits per heavy atom. The molecule has 1 aliphatic carbocycles. The van der Waals surface area contributed by atoms with Crippen LogP contribution in [0.2, 0.25) is 0 Å². The van der Waals surface area contributed by atoms with Gasteiger partial charge in [0.05, 0.1) is 16.3 Å². The van der Waals surface area contributed by atoms with Crippen LogP contribution < -0.4 is 5.73 Å². The zero-order chi connectivity index (χ0) is 13.2. The molecule has 0 amide bonds. The summed E-state index contributed by atoms with van der Waals surface area (Å²) < 4.78 is 1.15. The summed E-state index contributed by atoms with van der Waals surface area (Å²) >= 11 is 3.63. The van der Waals surface area contributed by atoms with E-state index >= 15 is 0 Å². The van der Waals surface area contributed by atoms with Crippen molar-refractivity contribution in [2.45, 2.75) is 42.2 Å². The molecule has 2 aromatic rings. The third-order valence-electron chi connectivity index (χ3n) is 3.25. The molecule has 1 aliphatic rings. The molecule has 0 aromatic carbocycles. The highest BCUT2D eigenvalue weighted by Crippen LogP contribution is 2.39. The van der Waals surface area contributed by atoms with Gasteiger partial charge in [0.25, 0.3) is 0 Å². The Morgan fingerprint density at radius 3 is 2.84 bits per heavy atom. The van der Waals surface area contributed by atoms with Crippen LogP contribution in [0.15, 0.2) is 16.6 Å². The first-order valence-corrected chi connectivity index (χ1v) is 8.15. The normalized spacial score (nSPS) is 16.1. The molecule has 0 bridgehead atoms. The van der Waals surface area contributed by atoms with Gasteiger partial charge in [-0.2, -0.15) is 0 Å². The standard InChI is InChI=1S/C13H16N4S2/c1-8-11(10-6-7-15-12(14)17-10)19-13(16-8)18-9-4-2-3-5-9/h6-7,9H,2-5H2,1H3,(H2,14,15,17). The second-order valence-corrected chi connectivity index (χ2v) is 7.27. The number of anilines is 1. The minimum atomic E-state index is 0.315. The predicted octanol–water partition coefficient (Wildman–Crippen LogP) is 3.53. The number of thioether (sulfide) groups is 1. The smallest absolute Gasteiger partial charge is 0.220 e. The van der Waals surface area contributed by atoms with Gasteiger partial charge in [0.15, 0.2) is 4.34 Å². The zero-order valence-electron chi connectivity index (χ0n) is 10.8. The summed E-state index contributed by atoms with van der Waals surface area (Å²) in [6.45, 7) is 2.03. The Bertz CT molecular complexity index is 576. The average Bonchev–Trinajstić information content (AvgIpc) is 3.00. The summed E-state index contributed by atoms with van der Waals surface area (Å²) in [6.07, 6.45) is 7.05. The van der Waals surface area contributed by atoms with Gasteiger partial charge in [-0.05, 0) is 25.8 Å². The van der Waals surface area contributed by atoms with Crippen molar-refractivity contribution in [3.8, 4) is 10.6 Å². The summed E-state index contributed by atoms with van der Waals surface area (Å²) in [4.78, 5) is 14.0. The van der Waals surface area contributed by atoms with Crippen LogP contribution >= 0.6 is 23.1 Å². The molecule has 2 aromatic heterocycles. The first-order chi connectivity index (χ1) is 9.22. The molecular formula is C13H16N4S2. The van der Waals surface area contributed by atoms with Crippen LogP contribution in [0.5, 0.6) is 0 Å². The number of nitrogens with zero attached hydrogens (tertiary/aromatic N) is 3. The van der Waals surface area contributed by atoms with Crippen molar-refractivity contribution >= 4 is 29.0 Å². The van der Waals surface area contributed by atoms with E-state index in [0.29, 0.717) is 5.95 Å². The van der Waals surface area contributed by atoms with Crippen molar-refractivity contribution in [1.29, 1.82) is 0 Å². The lowest BCUT2D eigenvalue weighted by atomic mass is 10.3. The van der Waals surface area contributed by atoms with Crippen LogP contribution in [0, 0.1) is 6.92 Å². The number of rotatable bonds is 3. The maximum Gasteiger partial charge on any atom is 0.220 e. The van der Waals surface area contributed by atoms with E-state index in [-0.39, 0.29) is 0 Å². The molecule has 0 atom stereocenters. The third kappa shape index (κ3) is 2.90. The molecule has 0 unspecified atom stereocenters. The molecule has 2 heterocycles. The lowest BCUT2D eigenvalue weighted by molar-refractivity contribution is 0.886. The topological polar surface area (TPSA) is 64.7 Å². The van der Waals surface area contributed by atoms with Crippen molar-refractivity contribution in [3.63, 3.8) is 0 Å². The summed E-state index contributed by atoms with van der Waals surface area (Å²) in [6, 6.07) is 1.89. The highest BCUT2D eigenvalue weighted by molar-refractivity contribution is 8.01. The van der Waals surface area contributed by atoms with E-state index in [1.165, 1.54) is 25.7 Å². The molecular weight excluding hydrogens is 276 g/mol. The molecule has 3 rings (SSSR count). The first kappa shape index (κ1) is 12.9. The first-order valence-electron chi connectivity index (χ1n) is 6.45. The molecule has 0 saturated heterocycles. The Balaban J connectivity index is 1.84. The monoisotopic (exact) mass is 292 g/mol. The van der Waals surface area contributed by atoms with Gasteiger partial charge in [0.2, 0.25) is 5.95 Å². The molecule has 6 heteroatoms. The minimum Gasteiger partial charge on any atom is -0.368 e. The van der Waals surface area contributed by atoms with Crippen molar-refractivity contribution in [2.75, 3.05) is 5.73 Å². The van der Waals surface area contributed by atoms with Crippen LogP contribution in [0.25, 0.3) is 10.6 Å². The maximum atomic E-state index is 5.64. The van der Waals surface area contributed by atoms with E-state index in [0.717, 1.165) is 25.9 Å². The lowest BCUT2D eigenvalue weighted by Crippen LogP contribution is -1.94. The number of hydrogen-bond acceptors (Lipinski definition) is 6. The number of aromatic nitrogens is 3. The summed E-state index contributed by atoms with van der Waals surface area (Å²) in [5.74, 6) is 0.315. The van der Waals surface area contributed by atoms with E-state index < -0.39 is 0 Å². The number of nitrogens with two attached hydrogens (primary N) is 1. The van der Waals surface area contributed by atoms with Crippen molar-refractivity contribution in [2.24, 2.45) is 0 Å². The molecule has 1 saturated carbocycles. The van der Waals surface area contributed by atoms with Crippen LogP contribution in [-0.4, -0.2) is 20.2 Å². The molecule has 0 aliphatic heterocycles. The van der Waals surface area contributed by atoms with E-state index in [2.05, 4.69) is 15.0 Å². The SMILES string of the molecule is Cc1nc(SC2CCCC2)sc1-c1ccnc(N)n1. The Kier molecular flexibility index (Phi) is 3.70. The predicted molar refractivity (Wildman–Crippen MR) is 80.4 cm³/mol. The molecule has 0 radical (unpaired) electrons. The number of hydrogen-bond donors (Lipinski definition) is 1. The molecule has 1 fully saturated rings. The van der Waals surface area contributed by atoms with E-state index in [9.17, 15) is 0 Å². The second-order valence-electron chi connectivity index (χ2n) is 4.72. The summed E-state index contributed by atoms with van der Waals surface area (Å²) in [5, 5.41) is 0.744. The number of nitrogen functional groups attached to an aromatic ring is 1. The maximum absolute atomic E-state index is 5.64. The quantitative estimate of drug-likeness (QED) is 0.937. The largest absolute Gasteiger partial charge is 0.368 e. The fourth-order valence-corrected chi connectivity index (χ4v) is 4.97. The zero-order valence-corrected chi connectivity index (χ0v) is 12.4. The number of thiazole rings is 1. The van der Waals surface area contributed by atoms with E-state index in [4.69, 9.17) is 5.73 Å². The van der Waals surface area contributed by atoms with Gasteiger partial charge in [0.1, 0.15) is 0 Å². The van der Waals surface area contributed by atoms with E-state index in [1.807, 2.05) is 24.8 Å². The fraction of sp³-hybridized carbons (Fsp3) is 0.462. The summed E-state index contributed by atoms with van der Waals surface area (Å²) in [5.41, 5.74) is 7.55. The van der Waals surface area contributed by atoms with Gasteiger partial charge in [-0.1, -0.05) is 24.6 Å². The molecule has 2 N–H and O–H groups in total. The minimum absolute atomic E-state index is 0.315. The Labute approximate surface area is 120 Å². The van der Waals surface area contributed by atoms with Crippen LogP contribution in [-0.2, 0) is 0 Å². The second kappa shape index (κ2) is 5.46. The highest BCUT2D eigenvalue weighted by atomic mass is 32.2. The van der Waals surface area contributed by atoms with Crippen molar-refractivity contribution in [1.82, 2.24) is 15.0 Å². The van der Waals surface area contributed by atoms with Gasteiger partial charge in [-0.3, -0.25) is 0 Å². The van der Waals surface area contributed by atoms with Crippen LogP contribution in [0.3, 0.4) is 0 Å². The Hall–Kier alpha value is -1.14. The third-order valence-corrected chi connectivity index (χ3v) is 5.86. The van der Waals surface area contributed by atoms with Gasteiger partial charge in [-0.15, -0.1) is 11.3 Å². The molecule has 4 nitrogen and oxygen atoms in total. The van der Waals surface area contributed by atoms with E-state index in [1.54, 1.807) is 17.5 Å². The summed E-state index contributed by atoms with van der Waals surface area (Å²) in [7, 11) is 0. The van der Waals surface area contributed by atoms with Gasteiger partial charge < -0.3 is 5.73 Å². The van der Waals surface area contributed by atoms with Crippen molar-refractivity contribution in [3.05, 3.63) is 18.0 Å². The molecule has 19 heavy (non-hydrogen) atoms. The van der Waals surface area contributed by atoms with Gasteiger partial charge >= 0.3 is 0 Å². The molecule has 100 valence electrons. The van der Waals surface area contributed by atoms with Gasteiger partial charge in [0, 0.05) is 11.4 Å².